The van der Waals surface area contributed by atoms with E-state index >= 15 is 0 Å². The Morgan fingerprint density at radius 1 is 0.725 bits per heavy atom. The van der Waals surface area contributed by atoms with Gasteiger partial charge in [-0.3, -0.25) is 4.68 Å². The summed E-state index contributed by atoms with van der Waals surface area (Å²) < 4.78 is 10.9. The van der Waals surface area contributed by atoms with Crippen LogP contribution < -0.4 is 4.74 Å². The molecule has 0 N–H and O–H groups in total. The average Bonchev–Trinajstić information content (AvgIpc) is 3.58. The van der Waals surface area contributed by atoms with Crippen LogP contribution >= 0.6 is 0 Å². The predicted molar refractivity (Wildman–Crippen MR) is 206 cm³/mol. The summed E-state index contributed by atoms with van der Waals surface area (Å²) in [6.45, 7) is 15.4. The summed E-state index contributed by atoms with van der Waals surface area (Å²) in [6.07, 6.45) is 6.11. The van der Waals surface area contributed by atoms with Gasteiger partial charge in [0.1, 0.15) is 5.82 Å². The molecule has 6 heteroatoms. The van der Waals surface area contributed by atoms with Crippen LogP contribution in [0.5, 0.6) is 11.5 Å². The molecular formula is C45H46N4OPt. The van der Waals surface area contributed by atoms with E-state index in [9.17, 15) is 0 Å². The molecule has 3 heterocycles. The van der Waals surface area contributed by atoms with Crippen LogP contribution in [0.25, 0.3) is 44.4 Å². The predicted octanol–water partition coefficient (Wildman–Crippen LogP) is 11.5. The minimum Gasteiger partial charge on any atom is -0.509 e. The Labute approximate surface area is 317 Å². The summed E-state index contributed by atoms with van der Waals surface area (Å²) in [5.74, 6) is 3.40. The molecule has 0 amide bonds. The van der Waals surface area contributed by atoms with Gasteiger partial charge in [-0.1, -0.05) is 82.1 Å². The smallest absolute Gasteiger partial charge is 0.509 e. The van der Waals surface area contributed by atoms with Gasteiger partial charge in [0.2, 0.25) is 0 Å². The summed E-state index contributed by atoms with van der Waals surface area (Å²) in [6, 6.07) is 37.2. The molecule has 262 valence electrons. The largest absolute Gasteiger partial charge is 2.00 e. The molecule has 7 rings (SSSR count). The first-order valence-corrected chi connectivity index (χ1v) is 17.9. The zero-order chi connectivity index (χ0) is 34.9. The van der Waals surface area contributed by atoms with Crippen molar-refractivity contribution in [3.05, 3.63) is 131 Å². The SMILES string of the molecule is Cc1ccnc(-n2c3[c-]c(Oc4[c-]c(-n5nc(C)c(-c6ccccc6)c5C)cc(CCC(C)C)c4)ccc3c3cc(CCC(C)C)ccc32)c1.[Pt+2]. The van der Waals surface area contributed by atoms with E-state index in [1.165, 1.54) is 16.5 Å². The van der Waals surface area contributed by atoms with Crippen LogP contribution in [-0.4, -0.2) is 19.3 Å². The minimum absolute atomic E-state index is 0. The number of nitrogens with zero attached hydrogens (tertiary/aromatic N) is 4. The molecule has 0 aliphatic carbocycles. The van der Waals surface area contributed by atoms with Crippen LogP contribution in [0.2, 0.25) is 0 Å². The quantitative estimate of drug-likeness (QED) is 0.122. The van der Waals surface area contributed by atoms with E-state index in [0.29, 0.717) is 23.3 Å². The number of ether oxygens (including phenoxy) is 1. The number of pyridine rings is 1. The Balaban J connectivity index is 0.00000448. The maximum atomic E-state index is 6.67. The van der Waals surface area contributed by atoms with Crippen LogP contribution in [-0.2, 0) is 33.9 Å². The van der Waals surface area contributed by atoms with Gasteiger partial charge in [0.15, 0.2) is 0 Å². The van der Waals surface area contributed by atoms with Crippen LogP contribution in [0, 0.1) is 44.7 Å². The van der Waals surface area contributed by atoms with E-state index in [1.54, 1.807) is 0 Å². The van der Waals surface area contributed by atoms with Crippen molar-refractivity contribution >= 4 is 21.8 Å². The molecule has 0 atom stereocenters. The van der Waals surface area contributed by atoms with Crippen LogP contribution in [0.1, 0.15) is 68.6 Å². The van der Waals surface area contributed by atoms with Gasteiger partial charge >= 0.3 is 21.1 Å². The summed E-state index contributed by atoms with van der Waals surface area (Å²) in [5, 5.41) is 7.34. The fraction of sp³-hybridized carbons (Fsp3) is 0.289. The second kappa shape index (κ2) is 15.4. The first-order chi connectivity index (χ1) is 24.1. The fourth-order valence-electron chi connectivity index (χ4n) is 6.89. The average molecular weight is 854 g/mol. The van der Waals surface area contributed by atoms with Gasteiger partial charge in [-0.2, -0.15) is 16.7 Å². The molecule has 0 saturated carbocycles. The Morgan fingerprint density at radius 3 is 2.20 bits per heavy atom. The number of aryl methyl sites for hydroxylation is 4. The Kier molecular flexibility index (Phi) is 11.0. The summed E-state index contributed by atoms with van der Waals surface area (Å²) in [7, 11) is 0. The van der Waals surface area contributed by atoms with E-state index in [1.807, 2.05) is 29.1 Å². The second-order valence-electron chi connectivity index (χ2n) is 14.5. The molecule has 0 spiro atoms. The van der Waals surface area contributed by atoms with Gasteiger partial charge in [-0.25, -0.2) is 4.98 Å². The maximum absolute atomic E-state index is 6.67. The summed E-state index contributed by atoms with van der Waals surface area (Å²) in [4.78, 5) is 4.79. The zero-order valence-corrected chi connectivity index (χ0v) is 32.9. The molecular weight excluding hydrogens is 808 g/mol. The summed E-state index contributed by atoms with van der Waals surface area (Å²) in [5.41, 5.74) is 11.0. The number of fused-ring (bicyclic) bond motifs is 3. The van der Waals surface area contributed by atoms with Gasteiger partial charge in [0.05, 0.1) is 5.69 Å². The molecule has 0 bridgehead atoms. The van der Waals surface area contributed by atoms with Crippen molar-refractivity contribution in [1.29, 1.82) is 0 Å². The molecule has 0 fully saturated rings. The van der Waals surface area contributed by atoms with Crippen molar-refractivity contribution in [3.8, 4) is 34.1 Å². The number of aromatic nitrogens is 4. The zero-order valence-electron chi connectivity index (χ0n) is 30.7. The van der Waals surface area contributed by atoms with Gasteiger partial charge in [-0.15, -0.1) is 35.7 Å². The van der Waals surface area contributed by atoms with Crippen LogP contribution in [0.3, 0.4) is 0 Å². The fourth-order valence-corrected chi connectivity index (χ4v) is 6.89. The normalized spacial score (nSPS) is 11.5. The van der Waals surface area contributed by atoms with Gasteiger partial charge in [0, 0.05) is 34.5 Å². The van der Waals surface area contributed by atoms with Crippen molar-refractivity contribution in [3.63, 3.8) is 0 Å². The molecule has 0 unspecified atom stereocenters. The van der Waals surface area contributed by atoms with Crippen molar-refractivity contribution < 1.29 is 25.8 Å². The molecule has 0 aliphatic rings. The number of hydrogen-bond acceptors (Lipinski definition) is 3. The summed E-state index contributed by atoms with van der Waals surface area (Å²) >= 11 is 0. The van der Waals surface area contributed by atoms with Crippen LogP contribution in [0.4, 0.5) is 0 Å². The molecule has 51 heavy (non-hydrogen) atoms. The van der Waals surface area contributed by atoms with Gasteiger partial charge in [0.25, 0.3) is 0 Å². The number of rotatable bonds is 11. The minimum atomic E-state index is 0. The van der Waals surface area contributed by atoms with Gasteiger partial charge < -0.3 is 9.30 Å². The first-order valence-electron chi connectivity index (χ1n) is 17.9. The molecule has 3 aromatic heterocycles. The standard InChI is InChI=1S/C45H46N4O.Pt/c1-29(2)13-15-34-17-20-42-41(26-34)40-19-18-38(28-43(40)48(42)44-23-31(5)21-22-46-44)50-39-25-35(16-14-30(3)4)24-37(27-39)49-33(7)45(32(6)47-49)36-11-9-8-10-12-36;/h8-12,17-26,29-30H,13-16H2,1-7H3;/q-2;+2. The number of benzene rings is 4. The van der Waals surface area contributed by atoms with Gasteiger partial charge in [-0.05, 0) is 97.8 Å². The van der Waals surface area contributed by atoms with E-state index < -0.39 is 0 Å². The molecule has 0 aliphatic heterocycles. The molecule has 0 radical (unpaired) electrons. The monoisotopic (exact) mass is 853 g/mol. The molecule has 0 saturated heterocycles. The third kappa shape index (κ3) is 7.75. The maximum Gasteiger partial charge on any atom is 2.00 e. The van der Waals surface area contributed by atoms with E-state index in [-0.39, 0.29) is 21.1 Å². The molecule has 4 aromatic carbocycles. The second-order valence-corrected chi connectivity index (χ2v) is 14.5. The van der Waals surface area contributed by atoms with E-state index in [2.05, 4.69) is 132 Å². The van der Waals surface area contributed by atoms with E-state index in [4.69, 9.17) is 14.8 Å². The molecule has 7 aromatic rings. The molecule has 5 nitrogen and oxygen atoms in total. The third-order valence-electron chi connectivity index (χ3n) is 9.56. The Morgan fingerprint density at radius 2 is 1.47 bits per heavy atom. The van der Waals surface area contributed by atoms with Crippen molar-refractivity contribution in [2.75, 3.05) is 0 Å². The van der Waals surface area contributed by atoms with Crippen molar-refractivity contribution in [1.82, 2.24) is 19.3 Å². The number of hydrogen-bond donors (Lipinski definition) is 0. The Bertz CT molecular complexity index is 2300. The van der Waals surface area contributed by atoms with Crippen molar-refractivity contribution in [2.45, 2.75) is 74.1 Å². The Hall–Kier alpha value is -4.47. The van der Waals surface area contributed by atoms with E-state index in [0.717, 1.165) is 81.7 Å². The van der Waals surface area contributed by atoms with Crippen LogP contribution in [0.15, 0.2) is 91.1 Å². The topological polar surface area (TPSA) is 44.9 Å². The first kappa shape index (κ1) is 36.3. The van der Waals surface area contributed by atoms with Crippen molar-refractivity contribution in [2.24, 2.45) is 11.8 Å². The third-order valence-corrected chi connectivity index (χ3v) is 9.56.